The van der Waals surface area contributed by atoms with Gasteiger partial charge in [0.2, 0.25) is 0 Å². The molecule has 4 aromatic rings. The van der Waals surface area contributed by atoms with Gasteiger partial charge in [-0.15, -0.1) is 0 Å². The third kappa shape index (κ3) is 3.40. The molecule has 0 aliphatic carbocycles. The molecule has 3 N–H and O–H groups in total. The summed E-state index contributed by atoms with van der Waals surface area (Å²) in [6.07, 6.45) is 4.64. The molecule has 134 valence electrons. The number of fused-ring (bicyclic) bond motifs is 1. The number of hydrogen-bond acceptors (Lipinski definition) is 6. The molecule has 3 heterocycles. The highest BCUT2D eigenvalue weighted by molar-refractivity contribution is 7.17. The van der Waals surface area contributed by atoms with Gasteiger partial charge in [0.05, 0.1) is 23.6 Å². The number of rotatable bonds is 4. The Hall–Kier alpha value is -3.59. The Balaban J connectivity index is 1.51. The van der Waals surface area contributed by atoms with Gasteiger partial charge in [-0.3, -0.25) is 25.0 Å². The van der Waals surface area contributed by atoms with E-state index in [1.807, 2.05) is 19.1 Å². The van der Waals surface area contributed by atoms with Crippen molar-refractivity contribution in [2.45, 2.75) is 6.92 Å². The predicted octanol–water partition coefficient (Wildman–Crippen LogP) is 3.23. The van der Waals surface area contributed by atoms with Crippen molar-refractivity contribution in [3.8, 4) is 0 Å². The number of pyridine rings is 1. The van der Waals surface area contributed by atoms with Crippen LogP contribution in [0.5, 0.6) is 0 Å². The molecule has 0 aliphatic heterocycles. The maximum atomic E-state index is 12.6. The van der Waals surface area contributed by atoms with Gasteiger partial charge < -0.3 is 5.32 Å². The SMILES string of the molecule is Cc1ccc2[nH]ncc2c1NC(=O)c1cnc(NC(=O)c2ccccn2)s1. The average Bonchev–Trinajstić information content (AvgIpc) is 3.34. The Labute approximate surface area is 157 Å². The number of H-pyrrole nitrogens is 1. The second-order valence-corrected chi connectivity index (χ2v) is 6.77. The highest BCUT2D eigenvalue weighted by Gasteiger charge is 2.16. The number of hydrogen-bond donors (Lipinski definition) is 3. The van der Waals surface area contributed by atoms with Gasteiger partial charge in [0.15, 0.2) is 5.13 Å². The summed E-state index contributed by atoms with van der Waals surface area (Å²) >= 11 is 1.09. The van der Waals surface area contributed by atoms with Crippen molar-refractivity contribution in [1.82, 2.24) is 20.2 Å². The topological polar surface area (TPSA) is 113 Å². The van der Waals surface area contributed by atoms with Crippen LogP contribution in [0.1, 0.15) is 25.7 Å². The highest BCUT2D eigenvalue weighted by atomic mass is 32.1. The van der Waals surface area contributed by atoms with Gasteiger partial charge in [0, 0.05) is 11.6 Å². The molecular weight excluding hydrogens is 364 g/mol. The maximum absolute atomic E-state index is 12.6. The van der Waals surface area contributed by atoms with E-state index in [0.717, 1.165) is 27.8 Å². The number of aromatic amines is 1. The van der Waals surface area contributed by atoms with Crippen molar-refractivity contribution in [2.24, 2.45) is 0 Å². The van der Waals surface area contributed by atoms with Crippen LogP contribution in [0.4, 0.5) is 10.8 Å². The molecule has 9 heteroatoms. The zero-order chi connectivity index (χ0) is 18.8. The molecule has 0 bridgehead atoms. The van der Waals surface area contributed by atoms with E-state index >= 15 is 0 Å². The van der Waals surface area contributed by atoms with Crippen LogP contribution in [0.3, 0.4) is 0 Å². The fourth-order valence-electron chi connectivity index (χ4n) is 2.56. The number of aromatic nitrogens is 4. The van der Waals surface area contributed by atoms with E-state index in [9.17, 15) is 9.59 Å². The highest BCUT2D eigenvalue weighted by Crippen LogP contribution is 2.27. The first-order chi connectivity index (χ1) is 13.1. The second kappa shape index (κ2) is 6.96. The quantitative estimate of drug-likeness (QED) is 0.505. The number of nitrogens with zero attached hydrogens (tertiary/aromatic N) is 3. The molecule has 0 fully saturated rings. The van der Waals surface area contributed by atoms with E-state index in [1.54, 1.807) is 24.4 Å². The van der Waals surface area contributed by atoms with Crippen molar-refractivity contribution in [1.29, 1.82) is 0 Å². The van der Waals surface area contributed by atoms with Crippen LogP contribution in [0.25, 0.3) is 10.9 Å². The molecule has 8 nitrogen and oxygen atoms in total. The summed E-state index contributed by atoms with van der Waals surface area (Å²) in [5, 5.41) is 13.6. The van der Waals surface area contributed by atoms with Crippen molar-refractivity contribution < 1.29 is 9.59 Å². The van der Waals surface area contributed by atoms with E-state index in [0.29, 0.717) is 15.7 Å². The minimum absolute atomic E-state index is 0.279. The molecule has 0 spiro atoms. The summed E-state index contributed by atoms with van der Waals surface area (Å²) < 4.78 is 0. The van der Waals surface area contributed by atoms with Gasteiger partial charge in [-0.25, -0.2) is 4.98 Å². The van der Waals surface area contributed by atoms with Gasteiger partial charge >= 0.3 is 0 Å². The number of aryl methyl sites for hydroxylation is 1. The molecular formula is C18H14N6O2S. The first-order valence-electron chi connectivity index (χ1n) is 8.04. The summed E-state index contributed by atoms with van der Waals surface area (Å²) in [5.74, 6) is -0.682. The number of nitrogens with one attached hydrogen (secondary N) is 3. The monoisotopic (exact) mass is 378 g/mol. The maximum Gasteiger partial charge on any atom is 0.276 e. The molecule has 2 amide bonds. The van der Waals surface area contributed by atoms with Crippen molar-refractivity contribution in [3.05, 3.63) is 65.1 Å². The first-order valence-corrected chi connectivity index (χ1v) is 8.86. The van der Waals surface area contributed by atoms with E-state index < -0.39 is 0 Å². The smallest absolute Gasteiger partial charge is 0.276 e. The lowest BCUT2D eigenvalue weighted by Gasteiger charge is -2.08. The largest absolute Gasteiger partial charge is 0.320 e. The number of benzene rings is 1. The Morgan fingerprint density at radius 3 is 2.74 bits per heavy atom. The van der Waals surface area contributed by atoms with Crippen LogP contribution in [-0.2, 0) is 0 Å². The van der Waals surface area contributed by atoms with Gasteiger partial charge in [-0.2, -0.15) is 5.10 Å². The molecule has 3 aromatic heterocycles. The molecule has 0 saturated carbocycles. The van der Waals surface area contributed by atoms with Gasteiger partial charge in [0.1, 0.15) is 10.6 Å². The molecule has 4 rings (SSSR count). The lowest BCUT2D eigenvalue weighted by atomic mass is 10.1. The van der Waals surface area contributed by atoms with Gasteiger partial charge in [0.25, 0.3) is 11.8 Å². The number of carbonyl (C=O) groups excluding carboxylic acids is 2. The van der Waals surface area contributed by atoms with E-state index in [-0.39, 0.29) is 17.5 Å². The first kappa shape index (κ1) is 16.9. The van der Waals surface area contributed by atoms with E-state index in [4.69, 9.17) is 0 Å². The minimum Gasteiger partial charge on any atom is -0.320 e. The van der Waals surface area contributed by atoms with Crippen LogP contribution >= 0.6 is 11.3 Å². The fourth-order valence-corrected chi connectivity index (χ4v) is 3.27. The minimum atomic E-state index is -0.379. The lowest BCUT2D eigenvalue weighted by molar-refractivity contribution is 0.101. The molecule has 0 saturated heterocycles. The van der Waals surface area contributed by atoms with Crippen LogP contribution in [0, 0.1) is 6.92 Å². The summed E-state index contributed by atoms with van der Waals surface area (Å²) in [7, 11) is 0. The molecule has 0 radical (unpaired) electrons. The lowest BCUT2D eigenvalue weighted by Crippen LogP contribution is -2.13. The van der Waals surface area contributed by atoms with Crippen molar-refractivity contribution in [3.63, 3.8) is 0 Å². The third-order valence-corrected chi connectivity index (χ3v) is 4.83. The number of amides is 2. The molecule has 0 unspecified atom stereocenters. The molecule has 0 aliphatic rings. The number of carbonyl (C=O) groups is 2. The third-order valence-electron chi connectivity index (χ3n) is 3.92. The van der Waals surface area contributed by atoms with Crippen LogP contribution in [0.2, 0.25) is 0 Å². The standard InChI is InChI=1S/C18H14N6O2S/c1-10-5-6-12-11(8-21-24-12)15(10)22-17(26)14-9-20-18(27-14)23-16(25)13-4-2-3-7-19-13/h2-9H,1H3,(H,21,24)(H,22,26)(H,20,23,25). The summed E-state index contributed by atoms with van der Waals surface area (Å²) in [5.41, 5.74) is 2.73. The molecule has 0 atom stereocenters. The van der Waals surface area contributed by atoms with Crippen LogP contribution in [-0.4, -0.2) is 32.0 Å². The Morgan fingerprint density at radius 1 is 1.04 bits per heavy atom. The summed E-state index contributed by atoms with van der Waals surface area (Å²) in [6.45, 7) is 1.91. The zero-order valence-corrected chi connectivity index (χ0v) is 15.0. The van der Waals surface area contributed by atoms with Gasteiger partial charge in [-0.1, -0.05) is 23.5 Å². The Kier molecular flexibility index (Phi) is 4.35. The predicted molar refractivity (Wildman–Crippen MR) is 103 cm³/mol. The second-order valence-electron chi connectivity index (χ2n) is 5.74. The Morgan fingerprint density at radius 2 is 1.93 bits per heavy atom. The fraction of sp³-hybridized carbons (Fsp3) is 0.0556. The molecule has 1 aromatic carbocycles. The number of anilines is 2. The van der Waals surface area contributed by atoms with Crippen LogP contribution < -0.4 is 10.6 Å². The zero-order valence-electron chi connectivity index (χ0n) is 14.2. The van der Waals surface area contributed by atoms with Crippen LogP contribution in [0.15, 0.2) is 48.9 Å². The van der Waals surface area contributed by atoms with Crippen molar-refractivity contribution in [2.75, 3.05) is 10.6 Å². The summed E-state index contributed by atoms with van der Waals surface area (Å²) in [6, 6.07) is 8.87. The van der Waals surface area contributed by atoms with E-state index in [2.05, 4.69) is 30.8 Å². The van der Waals surface area contributed by atoms with Gasteiger partial charge in [-0.05, 0) is 30.7 Å². The average molecular weight is 378 g/mol. The molecule has 27 heavy (non-hydrogen) atoms. The normalized spacial score (nSPS) is 10.7. The van der Waals surface area contributed by atoms with E-state index in [1.165, 1.54) is 12.4 Å². The summed E-state index contributed by atoms with van der Waals surface area (Å²) in [4.78, 5) is 33.2. The van der Waals surface area contributed by atoms with Crippen molar-refractivity contribution >= 4 is 44.9 Å². The number of thiazole rings is 1. The Bertz CT molecular complexity index is 1140.